The summed E-state index contributed by atoms with van der Waals surface area (Å²) in [5, 5.41) is 12.4. The fraction of sp³-hybridized carbons (Fsp3) is 0.652. The highest BCUT2D eigenvalue weighted by molar-refractivity contribution is 5.67. The standard InChI is InChI=1S/C19H30N2O3.C4H8O2/c1-16-13-18(22)14-21(16)12-8-3-2-7-11-20-19(23)24-15-17-9-5-4-6-10-17;1-3-6-4(2)5/h4-6,9-10,16,18,22H,2-3,7-8,11-15H2,1H3,(H,20,23);3H2,1-2H3/t16-,18-;/m1./s1. The summed E-state index contributed by atoms with van der Waals surface area (Å²) >= 11 is 0. The zero-order valence-corrected chi connectivity index (χ0v) is 18.6. The summed E-state index contributed by atoms with van der Waals surface area (Å²) in [6.45, 7) is 8.68. The van der Waals surface area contributed by atoms with Crippen molar-refractivity contribution in [1.29, 1.82) is 0 Å². The second kappa shape index (κ2) is 15.7. The van der Waals surface area contributed by atoms with Crippen LogP contribution in [0.2, 0.25) is 0 Å². The first-order valence-corrected chi connectivity index (χ1v) is 10.9. The molecule has 1 aromatic carbocycles. The number of aliphatic hydroxyl groups excluding tert-OH is 1. The van der Waals surface area contributed by atoms with Gasteiger partial charge in [0.25, 0.3) is 0 Å². The molecule has 30 heavy (non-hydrogen) atoms. The molecule has 0 saturated carbocycles. The van der Waals surface area contributed by atoms with Crippen LogP contribution >= 0.6 is 0 Å². The number of hydrogen-bond donors (Lipinski definition) is 2. The van der Waals surface area contributed by atoms with Crippen molar-refractivity contribution in [3.05, 3.63) is 35.9 Å². The fourth-order valence-electron chi connectivity index (χ4n) is 3.34. The molecule has 1 amide bonds. The molecule has 2 rings (SSSR count). The van der Waals surface area contributed by atoms with Gasteiger partial charge in [0.1, 0.15) is 6.61 Å². The van der Waals surface area contributed by atoms with Crippen LogP contribution in [0.3, 0.4) is 0 Å². The summed E-state index contributed by atoms with van der Waals surface area (Å²) in [7, 11) is 0. The van der Waals surface area contributed by atoms with E-state index in [0.29, 0.717) is 25.8 Å². The number of β-amino-alcohol motifs (C(OH)–C–C–N with tert-alkyl or cyclic N) is 1. The van der Waals surface area contributed by atoms with Gasteiger partial charge in [0.2, 0.25) is 0 Å². The quantitative estimate of drug-likeness (QED) is 0.443. The summed E-state index contributed by atoms with van der Waals surface area (Å²) < 4.78 is 9.57. The Balaban J connectivity index is 0.000000656. The lowest BCUT2D eigenvalue weighted by Crippen LogP contribution is -2.28. The van der Waals surface area contributed by atoms with Gasteiger partial charge in [-0.2, -0.15) is 0 Å². The number of esters is 1. The van der Waals surface area contributed by atoms with Gasteiger partial charge >= 0.3 is 12.1 Å². The van der Waals surface area contributed by atoms with Crippen LogP contribution in [0.4, 0.5) is 4.79 Å². The number of carbonyl (C=O) groups is 2. The molecule has 0 unspecified atom stereocenters. The fourth-order valence-corrected chi connectivity index (χ4v) is 3.34. The van der Waals surface area contributed by atoms with Crippen molar-refractivity contribution in [2.75, 3.05) is 26.2 Å². The maximum absolute atomic E-state index is 11.6. The largest absolute Gasteiger partial charge is 0.466 e. The molecule has 1 fully saturated rings. The van der Waals surface area contributed by atoms with Crippen LogP contribution in [0.1, 0.15) is 58.4 Å². The summed E-state index contributed by atoms with van der Waals surface area (Å²) in [6, 6.07) is 10.2. The third-order valence-electron chi connectivity index (χ3n) is 4.88. The predicted molar refractivity (Wildman–Crippen MR) is 117 cm³/mol. The highest BCUT2D eigenvalue weighted by Crippen LogP contribution is 2.17. The number of hydrogen-bond acceptors (Lipinski definition) is 6. The van der Waals surface area contributed by atoms with Gasteiger partial charge in [-0.1, -0.05) is 43.2 Å². The van der Waals surface area contributed by atoms with E-state index in [9.17, 15) is 14.7 Å². The number of likely N-dealkylation sites (tertiary alicyclic amines) is 1. The first-order valence-electron chi connectivity index (χ1n) is 10.9. The Morgan fingerprint density at radius 3 is 2.40 bits per heavy atom. The number of ether oxygens (including phenoxy) is 2. The van der Waals surface area contributed by atoms with Gasteiger partial charge in [0, 0.05) is 26.1 Å². The van der Waals surface area contributed by atoms with Gasteiger partial charge in [0.15, 0.2) is 0 Å². The number of nitrogens with one attached hydrogen (secondary N) is 1. The average Bonchev–Trinajstić information content (AvgIpc) is 3.04. The molecule has 0 bridgehead atoms. The summed E-state index contributed by atoms with van der Waals surface area (Å²) in [4.78, 5) is 23.8. The smallest absolute Gasteiger partial charge is 0.407 e. The lowest BCUT2D eigenvalue weighted by molar-refractivity contribution is -0.140. The SMILES string of the molecule is CCOC(C)=O.C[C@@H]1C[C@@H](O)CN1CCCCCCNC(=O)OCc1ccccc1. The Hall–Kier alpha value is -2.12. The zero-order valence-electron chi connectivity index (χ0n) is 18.6. The van der Waals surface area contributed by atoms with Crippen LogP contribution in [-0.4, -0.2) is 60.5 Å². The molecule has 0 spiro atoms. The minimum Gasteiger partial charge on any atom is -0.466 e. The number of benzene rings is 1. The van der Waals surface area contributed by atoms with E-state index in [1.807, 2.05) is 30.3 Å². The van der Waals surface area contributed by atoms with E-state index in [-0.39, 0.29) is 18.2 Å². The van der Waals surface area contributed by atoms with Crippen molar-refractivity contribution in [2.24, 2.45) is 0 Å². The van der Waals surface area contributed by atoms with E-state index in [1.54, 1.807) is 6.92 Å². The molecule has 1 aliphatic rings. The molecule has 0 aromatic heterocycles. The normalized spacial score (nSPS) is 18.3. The highest BCUT2D eigenvalue weighted by Gasteiger charge is 2.26. The first kappa shape index (κ1) is 25.9. The second-order valence-electron chi connectivity index (χ2n) is 7.56. The van der Waals surface area contributed by atoms with E-state index in [0.717, 1.165) is 50.8 Å². The van der Waals surface area contributed by atoms with Crippen molar-refractivity contribution >= 4 is 12.1 Å². The summed E-state index contributed by atoms with van der Waals surface area (Å²) in [5.74, 6) is -0.211. The lowest BCUT2D eigenvalue weighted by Gasteiger charge is -2.20. The van der Waals surface area contributed by atoms with E-state index >= 15 is 0 Å². The van der Waals surface area contributed by atoms with Gasteiger partial charge in [-0.3, -0.25) is 9.69 Å². The average molecular weight is 423 g/mol. The number of unbranched alkanes of at least 4 members (excludes halogenated alkanes) is 3. The molecular weight excluding hydrogens is 384 g/mol. The van der Waals surface area contributed by atoms with Gasteiger partial charge in [-0.15, -0.1) is 0 Å². The molecule has 1 heterocycles. The summed E-state index contributed by atoms with van der Waals surface area (Å²) in [5.41, 5.74) is 0.994. The third-order valence-corrected chi connectivity index (χ3v) is 4.88. The lowest BCUT2D eigenvalue weighted by atomic mass is 10.2. The minimum atomic E-state index is -0.348. The van der Waals surface area contributed by atoms with Crippen LogP contribution in [0.5, 0.6) is 0 Å². The molecule has 0 aliphatic carbocycles. The van der Waals surface area contributed by atoms with E-state index in [1.165, 1.54) is 6.92 Å². The van der Waals surface area contributed by atoms with Crippen LogP contribution < -0.4 is 5.32 Å². The molecule has 1 aliphatic heterocycles. The number of alkyl carbamates (subject to hydrolysis) is 1. The molecule has 7 heteroatoms. The topological polar surface area (TPSA) is 88.1 Å². The van der Waals surface area contributed by atoms with E-state index in [4.69, 9.17) is 4.74 Å². The Bertz CT molecular complexity index is 597. The highest BCUT2D eigenvalue weighted by atomic mass is 16.5. The molecule has 170 valence electrons. The van der Waals surface area contributed by atoms with Gasteiger partial charge < -0.3 is 19.9 Å². The van der Waals surface area contributed by atoms with Crippen LogP contribution in [0.15, 0.2) is 30.3 Å². The molecule has 7 nitrogen and oxygen atoms in total. The Morgan fingerprint density at radius 1 is 1.13 bits per heavy atom. The Morgan fingerprint density at radius 2 is 1.83 bits per heavy atom. The number of amides is 1. The summed E-state index contributed by atoms with van der Waals surface area (Å²) in [6.07, 6.45) is 4.78. The molecule has 1 aromatic rings. The number of nitrogens with zero attached hydrogens (tertiary/aromatic N) is 1. The predicted octanol–water partition coefficient (Wildman–Crippen LogP) is 3.50. The van der Waals surface area contributed by atoms with Gasteiger partial charge in [0.05, 0.1) is 12.7 Å². The van der Waals surface area contributed by atoms with Crippen molar-refractivity contribution in [1.82, 2.24) is 10.2 Å². The Kier molecular flexibility index (Phi) is 13.5. The maximum Gasteiger partial charge on any atom is 0.407 e. The monoisotopic (exact) mass is 422 g/mol. The number of aliphatic hydroxyl groups is 1. The third kappa shape index (κ3) is 12.4. The maximum atomic E-state index is 11.6. The molecule has 2 atom stereocenters. The molecule has 1 saturated heterocycles. The van der Waals surface area contributed by atoms with Crippen LogP contribution in [0.25, 0.3) is 0 Å². The second-order valence-corrected chi connectivity index (χ2v) is 7.56. The number of carbonyl (C=O) groups excluding carboxylic acids is 2. The number of rotatable bonds is 10. The van der Waals surface area contributed by atoms with Crippen molar-refractivity contribution in [2.45, 2.75) is 71.6 Å². The van der Waals surface area contributed by atoms with Crippen LogP contribution in [-0.2, 0) is 20.9 Å². The zero-order chi connectivity index (χ0) is 22.2. The first-order chi connectivity index (χ1) is 14.4. The van der Waals surface area contributed by atoms with Crippen LogP contribution in [0, 0.1) is 0 Å². The molecule has 0 radical (unpaired) electrons. The van der Waals surface area contributed by atoms with Gasteiger partial charge in [-0.05, 0) is 45.2 Å². The van der Waals surface area contributed by atoms with Gasteiger partial charge in [-0.25, -0.2) is 4.79 Å². The minimum absolute atomic E-state index is 0.147. The Labute approximate surface area is 180 Å². The van der Waals surface area contributed by atoms with Crippen molar-refractivity contribution < 1.29 is 24.2 Å². The molecular formula is C23H38N2O5. The van der Waals surface area contributed by atoms with Crippen molar-refractivity contribution in [3.8, 4) is 0 Å². The van der Waals surface area contributed by atoms with E-state index < -0.39 is 0 Å². The van der Waals surface area contributed by atoms with E-state index in [2.05, 4.69) is 21.9 Å². The van der Waals surface area contributed by atoms with Crippen molar-refractivity contribution in [3.63, 3.8) is 0 Å². The molecule has 2 N–H and O–H groups in total.